The zero-order valence-electron chi connectivity index (χ0n) is 15.5. The molecule has 1 aromatic heterocycles. The Morgan fingerprint density at radius 3 is 2.28 bits per heavy atom. The van der Waals surface area contributed by atoms with Gasteiger partial charge in [-0.15, -0.1) is 0 Å². The first-order chi connectivity index (χ1) is 14.0. The summed E-state index contributed by atoms with van der Waals surface area (Å²) >= 11 is 3.38. The Balaban J connectivity index is 1.71. The molecule has 0 spiro atoms. The Morgan fingerprint density at radius 1 is 0.828 bits per heavy atom. The molecule has 4 aromatic rings. The van der Waals surface area contributed by atoms with Crippen molar-refractivity contribution in [3.8, 4) is 0 Å². The lowest BCUT2D eigenvalue weighted by atomic mass is 10.1. The van der Waals surface area contributed by atoms with Crippen LogP contribution in [0.5, 0.6) is 0 Å². The predicted molar refractivity (Wildman–Crippen MR) is 117 cm³/mol. The fourth-order valence-electron chi connectivity index (χ4n) is 2.98. The second kappa shape index (κ2) is 7.93. The Kier molecular flexibility index (Phi) is 5.18. The van der Waals surface area contributed by atoms with Gasteiger partial charge in [0.25, 0.3) is 11.8 Å². The van der Waals surface area contributed by atoms with Gasteiger partial charge in [0, 0.05) is 15.5 Å². The summed E-state index contributed by atoms with van der Waals surface area (Å²) in [6, 6.07) is 21.7. The number of anilines is 2. The number of nitrogens with one attached hydrogen (secondary N) is 2. The molecule has 1 heterocycles. The number of hydrogen-bond acceptors (Lipinski definition) is 3. The van der Waals surface area contributed by atoms with E-state index in [1.165, 1.54) is 0 Å². The number of carbonyl (C=O) groups excluding carboxylic acids is 2. The number of para-hydroxylation sites is 1. The molecule has 0 radical (unpaired) electrons. The molecule has 0 saturated carbocycles. The summed E-state index contributed by atoms with van der Waals surface area (Å²) in [6.45, 7) is 1.97. The average molecular weight is 449 g/mol. The number of fused-ring (bicyclic) bond motifs is 1. The van der Waals surface area contributed by atoms with Gasteiger partial charge >= 0.3 is 0 Å². The van der Waals surface area contributed by atoms with Crippen molar-refractivity contribution in [2.24, 2.45) is 0 Å². The van der Waals surface area contributed by atoms with Gasteiger partial charge in [-0.2, -0.15) is 0 Å². The molecule has 0 fully saturated rings. The standard InChI is InChI=1S/C23H17BrN2O3/c1-14-10-12-15(13-11-14)25-23(28)21-20(17-7-3-5-9-19(17)29-21)26-22(27)16-6-2-4-8-18(16)24/h2-13H,1H3,(H,25,28)(H,26,27). The maximum Gasteiger partial charge on any atom is 0.293 e. The van der Waals surface area contributed by atoms with E-state index in [1.807, 2.05) is 49.4 Å². The third-order valence-electron chi connectivity index (χ3n) is 4.47. The fraction of sp³-hybridized carbons (Fsp3) is 0.0435. The lowest BCUT2D eigenvalue weighted by Gasteiger charge is -2.08. The van der Waals surface area contributed by atoms with Crippen molar-refractivity contribution in [1.82, 2.24) is 0 Å². The molecule has 0 aliphatic heterocycles. The van der Waals surface area contributed by atoms with Crippen LogP contribution in [0.4, 0.5) is 11.4 Å². The van der Waals surface area contributed by atoms with Crippen molar-refractivity contribution in [2.45, 2.75) is 6.92 Å². The highest BCUT2D eigenvalue weighted by atomic mass is 79.9. The smallest absolute Gasteiger partial charge is 0.293 e. The molecule has 0 atom stereocenters. The molecule has 0 saturated heterocycles. The number of benzene rings is 3. The third kappa shape index (κ3) is 3.93. The molecule has 6 heteroatoms. The van der Waals surface area contributed by atoms with Gasteiger partial charge in [-0.3, -0.25) is 9.59 Å². The van der Waals surface area contributed by atoms with Gasteiger partial charge in [0.05, 0.1) is 5.56 Å². The Bertz CT molecular complexity index is 1210. The molecule has 0 unspecified atom stereocenters. The van der Waals surface area contributed by atoms with Crippen LogP contribution in [0.15, 0.2) is 81.7 Å². The van der Waals surface area contributed by atoms with Crippen LogP contribution in [0.2, 0.25) is 0 Å². The Hall–Kier alpha value is -3.38. The number of amides is 2. The topological polar surface area (TPSA) is 71.3 Å². The number of rotatable bonds is 4. The van der Waals surface area contributed by atoms with Crippen LogP contribution in [0.25, 0.3) is 11.0 Å². The second-order valence-electron chi connectivity index (χ2n) is 6.56. The number of aryl methyl sites for hydroxylation is 1. The first-order valence-electron chi connectivity index (χ1n) is 8.98. The molecule has 0 aliphatic carbocycles. The van der Waals surface area contributed by atoms with Crippen molar-refractivity contribution in [3.63, 3.8) is 0 Å². The largest absolute Gasteiger partial charge is 0.449 e. The predicted octanol–water partition coefficient (Wildman–Crippen LogP) is 6.01. The molecule has 4 rings (SSSR count). The summed E-state index contributed by atoms with van der Waals surface area (Å²) in [5.74, 6) is -0.729. The maximum atomic E-state index is 12.9. The molecular formula is C23H17BrN2O3. The van der Waals surface area contributed by atoms with Crippen LogP contribution < -0.4 is 10.6 Å². The van der Waals surface area contributed by atoms with Crippen LogP contribution in [0.1, 0.15) is 26.5 Å². The summed E-state index contributed by atoms with van der Waals surface area (Å²) in [5, 5.41) is 6.32. The van der Waals surface area contributed by atoms with E-state index in [9.17, 15) is 9.59 Å². The van der Waals surface area contributed by atoms with Crippen molar-refractivity contribution >= 4 is 50.1 Å². The molecule has 2 amide bonds. The first-order valence-corrected chi connectivity index (χ1v) is 9.77. The molecule has 144 valence electrons. The minimum absolute atomic E-state index is 0.0483. The molecule has 0 aliphatic rings. The normalized spacial score (nSPS) is 10.7. The van der Waals surface area contributed by atoms with Gasteiger partial charge < -0.3 is 15.1 Å². The SMILES string of the molecule is Cc1ccc(NC(=O)c2oc3ccccc3c2NC(=O)c2ccccc2Br)cc1. The zero-order chi connectivity index (χ0) is 20.4. The van der Waals surface area contributed by atoms with E-state index in [2.05, 4.69) is 26.6 Å². The minimum Gasteiger partial charge on any atom is -0.449 e. The lowest BCUT2D eigenvalue weighted by Crippen LogP contribution is -2.17. The number of furan rings is 1. The summed E-state index contributed by atoms with van der Waals surface area (Å²) in [7, 11) is 0. The van der Waals surface area contributed by atoms with Crippen LogP contribution in [-0.2, 0) is 0 Å². The van der Waals surface area contributed by atoms with Gasteiger partial charge in [-0.05, 0) is 59.3 Å². The van der Waals surface area contributed by atoms with Gasteiger partial charge in [-0.1, -0.05) is 42.0 Å². The van der Waals surface area contributed by atoms with Crippen molar-refractivity contribution in [1.29, 1.82) is 0 Å². The summed E-state index contributed by atoms with van der Waals surface area (Å²) in [5.41, 5.74) is 3.05. The van der Waals surface area contributed by atoms with Crippen LogP contribution in [0.3, 0.4) is 0 Å². The minimum atomic E-state index is -0.438. The average Bonchev–Trinajstić information content (AvgIpc) is 3.08. The third-order valence-corrected chi connectivity index (χ3v) is 5.16. The van der Waals surface area contributed by atoms with Gasteiger partial charge in [0.15, 0.2) is 0 Å². The van der Waals surface area contributed by atoms with E-state index in [4.69, 9.17) is 4.42 Å². The highest BCUT2D eigenvalue weighted by Gasteiger charge is 2.23. The van der Waals surface area contributed by atoms with E-state index < -0.39 is 5.91 Å². The molecular weight excluding hydrogens is 432 g/mol. The molecule has 0 bridgehead atoms. The van der Waals surface area contributed by atoms with E-state index >= 15 is 0 Å². The van der Waals surface area contributed by atoms with E-state index in [0.717, 1.165) is 5.56 Å². The fourth-order valence-corrected chi connectivity index (χ4v) is 3.45. The molecule has 5 nitrogen and oxygen atoms in total. The van der Waals surface area contributed by atoms with E-state index in [1.54, 1.807) is 30.3 Å². The van der Waals surface area contributed by atoms with Crippen molar-refractivity contribution in [2.75, 3.05) is 10.6 Å². The van der Waals surface area contributed by atoms with E-state index in [0.29, 0.717) is 32.4 Å². The zero-order valence-corrected chi connectivity index (χ0v) is 17.1. The van der Waals surface area contributed by atoms with Crippen molar-refractivity contribution < 1.29 is 14.0 Å². The molecule has 2 N–H and O–H groups in total. The van der Waals surface area contributed by atoms with Crippen LogP contribution >= 0.6 is 15.9 Å². The van der Waals surface area contributed by atoms with Crippen LogP contribution in [-0.4, -0.2) is 11.8 Å². The highest BCUT2D eigenvalue weighted by Crippen LogP contribution is 2.32. The molecule has 29 heavy (non-hydrogen) atoms. The Morgan fingerprint density at radius 2 is 1.52 bits per heavy atom. The summed E-state index contributed by atoms with van der Waals surface area (Å²) < 4.78 is 6.45. The lowest BCUT2D eigenvalue weighted by molar-refractivity contribution is 0.0999. The van der Waals surface area contributed by atoms with Gasteiger partial charge in [0.2, 0.25) is 5.76 Å². The summed E-state index contributed by atoms with van der Waals surface area (Å²) in [4.78, 5) is 25.7. The van der Waals surface area contributed by atoms with Crippen molar-refractivity contribution in [3.05, 3.63) is 94.2 Å². The monoisotopic (exact) mass is 448 g/mol. The Labute approximate surface area is 175 Å². The van der Waals surface area contributed by atoms with Crippen LogP contribution in [0, 0.1) is 6.92 Å². The first kappa shape index (κ1) is 19.0. The highest BCUT2D eigenvalue weighted by molar-refractivity contribution is 9.10. The van der Waals surface area contributed by atoms with Gasteiger partial charge in [0.1, 0.15) is 11.3 Å². The number of carbonyl (C=O) groups is 2. The number of halogens is 1. The maximum absolute atomic E-state index is 12.9. The quantitative estimate of drug-likeness (QED) is 0.401. The number of hydrogen-bond donors (Lipinski definition) is 2. The molecule has 3 aromatic carbocycles. The second-order valence-corrected chi connectivity index (χ2v) is 7.41. The van der Waals surface area contributed by atoms with Gasteiger partial charge in [-0.25, -0.2) is 0 Å². The van der Waals surface area contributed by atoms with E-state index in [-0.39, 0.29) is 11.7 Å². The summed E-state index contributed by atoms with van der Waals surface area (Å²) in [6.07, 6.45) is 0.